The Hall–Kier alpha value is -0.0800. The van der Waals surface area contributed by atoms with Gasteiger partial charge in [-0.2, -0.15) is 0 Å². The van der Waals surface area contributed by atoms with Crippen molar-refractivity contribution in [3.05, 3.63) is 0 Å². The third-order valence-corrected chi connectivity index (χ3v) is 4.83. The summed E-state index contributed by atoms with van der Waals surface area (Å²) in [7, 11) is 2.34. The summed E-state index contributed by atoms with van der Waals surface area (Å²) in [5.41, 5.74) is 0. The summed E-state index contributed by atoms with van der Waals surface area (Å²) in [6, 6.07) is 0.849. The molecule has 4 atom stereocenters. The molecule has 2 heteroatoms. The summed E-state index contributed by atoms with van der Waals surface area (Å²) in [6.07, 6.45) is 5.75. The Kier molecular flexibility index (Phi) is 4.26. The molecule has 1 saturated carbocycles. The maximum Gasteiger partial charge on any atom is 0.0118 e. The van der Waals surface area contributed by atoms with Gasteiger partial charge >= 0.3 is 0 Å². The third-order valence-electron chi connectivity index (χ3n) is 4.83. The average Bonchev–Trinajstić information content (AvgIpc) is 2.65. The minimum atomic E-state index is 0.849. The van der Waals surface area contributed by atoms with E-state index < -0.39 is 0 Å². The number of hydrogen-bond acceptors (Lipinski definition) is 2. The molecule has 2 unspecified atom stereocenters. The van der Waals surface area contributed by atoms with Crippen molar-refractivity contribution in [3.8, 4) is 0 Å². The summed E-state index contributed by atoms with van der Waals surface area (Å²) in [4.78, 5) is 2.65. The lowest BCUT2D eigenvalue weighted by atomic mass is 9.84. The molecule has 2 aliphatic rings. The highest BCUT2D eigenvalue weighted by Gasteiger charge is 2.29. The zero-order valence-corrected chi connectivity index (χ0v) is 11.2. The molecule has 0 bridgehead atoms. The molecule has 16 heavy (non-hydrogen) atoms. The average molecular weight is 224 g/mol. The van der Waals surface area contributed by atoms with Crippen LogP contribution < -0.4 is 5.32 Å². The minimum Gasteiger partial charge on any atom is -0.316 e. The standard InChI is InChI=1S/C14H28N2/c1-11-6-4-5-7-14(11)16(3)10-13-9-15-8-12(13)2/h11-15H,4-10H2,1-3H3/t11?,12-,13+,14?/m1/s1. The van der Waals surface area contributed by atoms with Gasteiger partial charge < -0.3 is 10.2 Å². The van der Waals surface area contributed by atoms with Crippen LogP contribution in [0, 0.1) is 17.8 Å². The van der Waals surface area contributed by atoms with Gasteiger partial charge in [-0.15, -0.1) is 0 Å². The molecule has 1 aliphatic carbocycles. The van der Waals surface area contributed by atoms with Gasteiger partial charge in [0.05, 0.1) is 0 Å². The van der Waals surface area contributed by atoms with E-state index in [1.165, 1.54) is 45.3 Å². The molecule has 1 heterocycles. The van der Waals surface area contributed by atoms with Gasteiger partial charge in [0.15, 0.2) is 0 Å². The lowest BCUT2D eigenvalue weighted by Crippen LogP contribution is -2.42. The molecule has 1 N–H and O–H groups in total. The predicted octanol–water partition coefficient (Wildman–Crippen LogP) is 2.35. The molecule has 0 aromatic rings. The van der Waals surface area contributed by atoms with Gasteiger partial charge in [0, 0.05) is 12.6 Å². The molecule has 0 radical (unpaired) electrons. The van der Waals surface area contributed by atoms with Crippen LogP contribution in [0.4, 0.5) is 0 Å². The van der Waals surface area contributed by atoms with Gasteiger partial charge in [-0.05, 0) is 50.7 Å². The van der Waals surface area contributed by atoms with Gasteiger partial charge in [0.1, 0.15) is 0 Å². The SMILES string of the molecule is CC1CCCCC1N(C)C[C@@H]1CNC[C@H]1C. The quantitative estimate of drug-likeness (QED) is 0.791. The number of hydrogen-bond donors (Lipinski definition) is 1. The summed E-state index contributed by atoms with van der Waals surface area (Å²) >= 11 is 0. The van der Waals surface area contributed by atoms with E-state index >= 15 is 0 Å². The van der Waals surface area contributed by atoms with Gasteiger partial charge in [-0.1, -0.05) is 26.7 Å². The second kappa shape index (κ2) is 5.50. The Balaban J connectivity index is 1.84. The molecule has 0 spiro atoms. The van der Waals surface area contributed by atoms with E-state index in [4.69, 9.17) is 0 Å². The molecule has 0 aromatic heterocycles. The first kappa shape index (κ1) is 12.4. The fourth-order valence-corrected chi connectivity index (χ4v) is 3.57. The van der Waals surface area contributed by atoms with Crippen molar-refractivity contribution >= 4 is 0 Å². The smallest absolute Gasteiger partial charge is 0.0118 e. The maximum atomic E-state index is 3.51. The lowest BCUT2D eigenvalue weighted by Gasteiger charge is -2.38. The Bertz CT molecular complexity index is 217. The van der Waals surface area contributed by atoms with Crippen molar-refractivity contribution in [2.24, 2.45) is 17.8 Å². The molecule has 2 nitrogen and oxygen atoms in total. The molecule has 2 fully saturated rings. The fraction of sp³-hybridized carbons (Fsp3) is 1.00. The summed E-state index contributed by atoms with van der Waals surface area (Å²) < 4.78 is 0. The fourth-order valence-electron chi connectivity index (χ4n) is 3.57. The molecule has 2 rings (SSSR count). The predicted molar refractivity (Wildman–Crippen MR) is 69.6 cm³/mol. The highest BCUT2D eigenvalue weighted by Crippen LogP contribution is 2.28. The second-order valence-electron chi connectivity index (χ2n) is 6.16. The second-order valence-corrected chi connectivity index (χ2v) is 6.16. The largest absolute Gasteiger partial charge is 0.316 e. The van der Waals surface area contributed by atoms with Crippen LogP contribution in [-0.4, -0.2) is 37.6 Å². The van der Waals surface area contributed by atoms with Gasteiger partial charge in [0.25, 0.3) is 0 Å². The Morgan fingerprint density at radius 1 is 1.06 bits per heavy atom. The number of nitrogens with one attached hydrogen (secondary N) is 1. The molecular formula is C14H28N2. The number of rotatable bonds is 3. The number of nitrogens with zero attached hydrogens (tertiary/aromatic N) is 1. The van der Waals surface area contributed by atoms with Crippen LogP contribution in [0.25, 0.3) is 0 Å². The van der Waals surface area contributed by atoms with Crippen molar-refractivity contribution in [3.63, 3.8) is 0 Å². The topological polar surface area (TPSA) is 15.3 Å². The summed E-state index contributed by atoms with van der Waals surface area (Å²) in [5, 5.41) is 3.51. The molecule has 0 aromatic carbocycles. The highest BCUT2D eigenvalue weighted by molar-refractivity contribution is 4.84. The van der Waals surface area contributed by atoms with E-state index in [2.05, 4.69) is 31.1 Å². The van der Waals surface area contributed by atoms with Crippen molar-refractivity contribution < 1.29 is 0 Å². The minimum absolute atomic E-state index is 0.849. The van der Waals surface area contributed by atoms with E-state index in [1.807, 2.05) is 0 Å². The Labute approximate surface area is 101 Å². The zero-order valence-electron chi connectivity index (χ0n) is 11.2. The molecular weight excluding hydrogens is 196 g/mol. The van der Waals surface area contributed by atoms with Gasteiger partial charge in [0.2, 0.25) is 0 Å². The van der Waals surface area contributed by atoms with Gasteiger partial charge in [-0.3, -0.25) is 0 Å². The van der Waals surface area contributed by atoms with Crippen molar-refractivity contribution in [1.82, 2.24) is 10.2 Å². The lowest BCUT2D eigenvalue weighted by molar-refractivity contribution is 0.117. The van der Waals surface area contributed by atoms with Crippen LogP contribution >= 0.6 is 0 Å². The Morgan fingerprint density at radius 3 is 2.44 bits per heavy atom. The van der Waals surface area contributed by atoms with Crippen molar-refractivity contribution in [2.75, 3.05) is 26.7 Å². The zero-order chi connectivity index (χ0) is 11.5. The van der Waals surface area contributed by atoms with E-state index in [9.17, 15) is 0 Å². The molecule has 94 valence electrons. The normalized spacial score (nSPS) is 40.5. The van der Waals surface area contributed by atoms with Crippen LogP contribution in [0.3, 0.4) is 0 Å². The van der Waals surface area contributed by atoms with E-state index in [0.29, 0.717) is 0 Å². The monoisotopic (exact) mass is 224 g/mol. The Morgan fingerprint density at radius 2 is 1.81 bits per heavy atom. The van der Waals surface area contributed by atoms with Crippen LogP contribution in [0.1, 0.15) is 39.5 Å². The van der Waals surface area contributed by atoms with Crippen LogP contribution in [-0.2, 0) is 0 Å². The third kappa shape index (κ3) is 2.78. The van der Waals surface area contributed by atoms with Crippen molar-refractivity contribution in [2.45, 2.75) is 45.6 Å². The molecule has 1 saturated heterocycles. The maximum absolute atomic E-state index is 3.51. The van der Waals surface area contributed by atoms with Crippen molar-refractivity contribution in [1.29, 1.82) is 0 Å². The van der Waals surface area contributed by atoms with Gasteiger partial charge in [-0.25, -0.2) is 0 Å². The van der Waals surface area contributed by atoms with Crippen LogP contribution in [0.15, 0.2) is 0 Å². The van der Waals surface area contributed by atoms with Crippen LogP contribution in [0.2, 0.25) is 0 Å². The molecule has 0 amide bonds. The first-order chi connectivity index (χ1) is 7.68. The van der Waals surface area contributed by atoms with E-state index in [0.717, 1.165) is 23.8 Å². The highest BCUT2D eigenvalue weighted by atomic mass is 15.1. The summed E-state index contributed by atoms with van der Waals surface area (Å²) in [5.74, 6) is 2.64. The van der Waals surface area contributed by atoms with E-state index in [-0.39, 0.29) is 0 Å². The van der Waals surface area contributed by atoms with E-state index in [1.54, 1.807) is 0 Å². The van der Waals surface area contributed by atoms with Crippen LogP contribution in [0.5, 0.6) is 0 Å². The first-order valence-corrected chi connectivity index (χ1v) is 7.09. The first-order valence-electron chi connectivity index (χ1n) is 7.09. The molecule has 1 aliphatic heterocycles. The summed E-state index contributed by atoms with van der Waals surface area (Å²) in [6.45, 7) is 8.58.